The van der Waals surface area contributed by atoms with Gasteiger partial charge in [0.1, 0.15) is 0 Å². The fourth-order valence-electron chi connectivity index (χ4n) is 2.74. The number of nitrogens with one attached hydrogen (secondary N) is 1. The van der Waals surface area contributed by atoms with Crippen LogP contribution in [0.1, 0.15) is 12.5 Å². The molecule has 6 nitrogen and oxygen atoms in total. The van der Waals surface area contributed by atoms with Crippen molar-refractivity contribution in [2.24, 2.45) is 0 Å². The third kappa shape index (κ3) is 4.59. The molecule has 1 amide bonds. The van der Waals surface area contributed by atoms with Gasteiger partial charge in [0.15, 0.2) is 11.5 Å². The highest BCUT2D eigenvalue weighted by atomic mass is 16.5. The van der Waals surface area contributed by atoms with Crippen LogP contribution in [0.5, 0.6) is 17.2 Å². The van der Waals surface area contributed by atoms with Gasteiger partial charge in [0.05, 0.1) is 27.9 Å². The summed E-state index contributed by atoms with van der Waals surface area (Å²) in [5, 5.41) is 2.90. The predicted molar refractivity (Wildman–Crippen MR) is 104 cm³/mol. The second-order valence-electron chi connectivity index (χ2n) is 5.82. The maximum atomic E-state index is 12.5. The Kier molecular flexibility index (Phi) is 6.72. The van der Waals surface area contributed by atoms with E-state index in [1.807, 2.05) is 36.9 Å². The number of hydrogen-bond acceptors (Lipinski definition) is 5. The molecular formula is C20H26N2O4. The number of nitrogens with zero attached hydrogens (tertiary/aromatic N) is 1. The van der Waals surface area contributed by atoms with Crippen molar-refractivity contribution < 1.29 is 19.0 Å². The second kappa shape index (κ2) is 8.99. The Morgan fingerprint density at radius 2 is 1.69 bits per heavy atom. The van der Waals surface area contributed by atoms with Crippen molar-refractivity contribution in [2.75, 3.05) is 44.6 Å². The molecule has 6 heteroatoms. The topological polar surface area (TPSA) is 60.0 Å². The third-order valence-corrected chi connectivity index (χ3v) is 4.03. The van der Waals surface area contributed by atoms with Gasteiger partial charge in [-0.2, -0.15) is 0 Å². The van der Waals surface area contributed by atoms with Crippen molar-refractivity contribution >= 4 is 17.3 Å². The summed E-state index contributed by atoms with van der Waals surface area (Å²) in [6.45, 7) is 5.03. The molecule has 0 unspecified atom stereocenters. The highest BCUT2D eigenvalue weighted by Gasteiger charge is 2.16. The van der Waals surface area contributed by atoms with E-state index >= 15 is 0 Å². The molecule has 0 aliphatic rings. The van der Waals surface area contributed by atoms with Crippen LogP contribution in [0.25, 0.3) is 0 Å². The van der Waals surface area contributed by atoms with E-state index in [2.05, 4.69) is 11.4 Å². The minimum absolute atomic E-state index is 0.123. The van der Waals surface area contributed by atoms with E-state index in [0.717, 1.165) is 17.8 Å². The molecule has 0 atom stereocenters. The van der Waals surface area contributed by atoms with Crippen molar-refractivity contribution in [3.63, 3.8) is 0 Å². The van der Waals surface area contributed by atoms with E-state index in [4.69, 9.17) is 14.2 Å². The number of ether oxygens (including phenoxy) is 3. The fourth-order valence-corrected chi connectivity index (χ4v) is 2.74. The number of amides is 1. The van der Waals surface area contributed by atoms with E-state index in [1.165, 1.54) is 0 Å². The number of hydrogen-bond donors (Lipinski definition) is 1. The standard InChI is InChI=1S/C20H26N2O4/c1-6-22(16-9-7-8-14(2)10-16)13-19(23)21-15-11-17(24-3)20(26-5)18(12-15)25-4/h7-12H,6,13H2,1-5H3,(H,21,23). The Morgan fingerprint density at radius 1 is 1.04 bits per heavy atom. The van der Waals surface area contributed by atoms with Gasteiger partial charge in [0, 0.05) is 30.1 Å². The minimum Gasteiger partial charge on any atom is -0.493 e. The van der Waals surface area contributed by atoms with E-state index in [-0.39, 0.29) is 12.5 Å². The highest BCUT2D eigenvalue weighted by molar-refractivity contribution is 5.94. The van der Waals surface area contributed by atoms with Crippen LogP contribution in [0.2, 0.25) is 0 Å². The molecule has 26 heavy (non-hydrogen) atoms. The average molecular weight is 358 g/mol. The fraction of sp³-hybridized carbons (Fsp3) is 0.350. The Labute approximate surface area is 154 Å². The lowest BCUT2D eigenvalue weighted by molar-refractivity contribution is -0.115. The first kappa shape index (κ1) is 19.4. The van der Waals surface area contributed by atoms with Crippen LogP contribution in [0.3, 0.4) is 0 Å². The zero-order chi connectivity index (χ0) is 19.1. The molecule has 0 radical (unpaired) electrons. The molecule has 2 aromatic rings. The van der Waals surface area contributed by atoms with E-state index < -0.39 is 0 Å². The van der Waals surface area contributed by atoms with Crippen molar-refractivity contribution in [1.82, 2.24) is 0 Å². The van der Waals surface area contributed by atoms with Gasteiger partial charge in [-0.25, -0.2) is 0 Å². The number of anilines is 2. The lowest BCUT2D eigenvalue weighted by Crippen LogP contribution is -2.33. The zero-order valence-electron chi connectivity index (χ0n) is 16.0. The molecule has 0 aromatic heterocycles. The van der Waals surface area contributed by atoms with Gasteiger partial charge >= 0.3 is 0 Å². The molecular weight excluding hydrogens is 332 g/mol. The maximum absolute atomic E-state index is 12.5. The first-order valence-corrected chi connectivity index (χ1v) is 8.43. The summed E-state index contributed by atoms with van der Waals surface area (Å²) < 4.78 is 15.9. The maximum Gasteiger partial charge on any atom is 0.243 e. The summed E-state index contributed by atoms with van der Waals surface area (Å²) in [6.07, 6.45) is 0. The Morgan fingerprint density at radius 3 is 2.19 bits per heavy atom. The molecule has 0 bridgehead atoms. The van der Waals surface area contributed by atoms with Gasteiger partial charge in [-0.15, -0.1) is 0 Å². The number of methoxy groups -OCH3 is 3. The number of likely N-dealkylation sites (N-methyl/N-ethyl adjacent to an activating group) is 1. The SMILES string of the molecule is CCN(CC(=O)Nc1cc(OC)c(OC)c(OC)c1)c1cccc(C)c1. The molecule has 140 valence electrons. The second-order valence-corrected chi connectivity index (χ2v) is 5.82. The van der Waals surface area contributed by atoms with E-state index in [0.29, 0.717) is 22.9 Å². The quantitative estimate of drug-likeness (QED) is 0.783. The van der Waals surface area contributed by atoms with Crippen LogP contribution in [0.4, 0.5) is 11.4 Å². The van der Waals surface area contributed by atoms with Crippen molar-refractivity contribution in [1.29, 1.82) is 0 Å². The monoisotopic (exact) mass is 358 g/mol. The van der Waals surface area contributed by atoms with Crippen LogP contribution in [0, 0.1) is 6.92 Å². The summed E-state index contributed by atoms with van der Waals surface area (Å²) in [7, 11) is 4.62. The summed E-state index contributed by atoms with van der Waals surface area (Å²) in [5.74, 6) is 1.35. The summed E-state index contributed by atoms with van der Waals surface area (Å²) in [6, 6.07) is 11.5. The van der Waals surface area contributed by atoms with Crippen LogP contribution < -0.4 is 24.4 Å². The predicted octanol–water partition coefficient (Wildman–Crippen LogP) is 3.49. The van der Waals surface area contributed by atoms with Crippen LogP contribution >= 0.6 is 0 Å². The number of carbonyl (C=O) groups excluding carboxylic acids is 1. The van der Waals surface area contributed by atoms with Gasteiger partial charge in [-0.3, -0.25) is 4.79 Å². The number of benzene rings is 2. The molecule has 0 heterocycles. The molecule has 0 saturated heterocycles. The molecule has 2 rings (SSSR count). The first-order valence-electron chi connectivity index (χ1n) is 8.43. The molecule has 1 N–H and O–H groups in total. The molecule has 2 aromatic carbocycles. The van der Waals surface area contributed by atoms with E-state index in [9.17, 15) is 4.79 Å². The van der Waals surface area contributed by atoms with Crippen LogP contribution in [0.15, 0.2) is 36.4 Å². The number of carbonyl (C=O) groups is 1. The van der Waals surface area contributed by atoms with Gasteiger partial charge in [0.25, 0.3) is 0 Å². The van der Waals surface area contributed by atoms with Crippen molar-refractivity contribution in [3.05, 3.63) is 42.0 Å². The largest absolute Gasteiger partial charge is 0.493 e. The van der Waals surface area contributed by atoms with E-state index in [1.54, 1.807) is 33.5 Å². The van der Waals surface area contributed by atoms with Crippen molar-refractivity contribution in [3.8, 4) is 17.2 Å². The number of rotatable bonds is 8. The molecule has 0 fully saturated rings. The lowest BCUT2D eigenvalue weighted by atomic mass is 10.2. The molecule has 0 spiro atoms. The third-order valence-electron chi connectivity index (χ3n) is 4.03. The van der Waals surface area contributed by atoms with Crippen LogP contribution in [-0.2, 0) is 4.79 Å². The van der Waals surface area contributed by atoms with Gasteiger partial charge in [-0.1, -0.05) is 12.1 Å². The Bertz CT molecular complexity index is 736. The smallest absolute Gasteiger partial charge is 0.243 e. The van der Waals surface area contributed by atoms with Crippen LogP contribution in [-0.4, -0.2) is 40.3 Å². The lowest BCUT2D eigenvalue weighted by Gasteiger charge is -2.23. The summed E-state index contributed by atoms with van der Waals surface area (Å²) in [5.41, 5.74) is 2.77. The Hall–Kier alpha value is -2.89. The average Bonchev–Trinajstić information content (AvgIpc) is 2.65. The van der Waals surface area contributed by atoms with Gasteiger partial charge in [0.2, 0.25) is 11.7 Å². The zero-order valence-corrected chi connectivity index (χ0v) is 16.0. The normalized spacial score (nSPS) is 10.2. The molecule has 0 aliphatic heterocycles. The molecule has 0 aliphatic carbocycles. The summed E-state index contributed by atoms with van der Waals surface area (Å²) in [4.78, 5) is 14.5. The molecule has 0 saturated carbocycles. The Balaban J connectivity index is 2.16. The minimum atomic E-state index is -0.123. The van der Waals surface area contributed by atoms with Gasteiger partial charge < -0.3 is 24.4 Å². The summed E-state index contributed by atoms with van der Waals surface area (Å²) >= 11 is 0. The highest BCUT2D eigenvalue weighted by Crippen LogP contribution is 2.39. The first-order chi connectivity index (χ1) is 12.5. The number of aryl methyl sites for hydroxylation is 1. The van der Waals surface area contributed by atoms with Crippen molar-refractivity contribution in [2.45, 2.75) is 13.8 Å². The van der Waals surface area contributed by atoms with Gasteiger partial charge in [-0.05, 0) is 31.5 Å².